The zero-order valence-corrected chi connectivity index (χ0v) is 13.8. The van der Waals surface area contributed by atoms with E-state index >= 15 is 0 Å². The molecular weight excluding hydrogens is 290 g/mol. The highest BCUT2D eigenvalue weighted by Crippen LogP contribution is 2.15. The lowest BCUT2D eigenvalue weighted by molar-refractivity contribution is -0.118. The van der Waals surface area contributed by atoms with Gasteiger partial charge < -0.3 is 20.4 Å². The Kier molecular flexibility index (Phi) is 8.33. The SMILES string of the molecule is Cc1nnc(SCC(=O)NCCCOC(C)C)n1CCN. The number of nitrogens with one attached hydrogen (secondary N) is 1. The molecule has 0 saturated carbocycles. The van der Waals surface area contributed by atoms with Crippen molar-refractivity contribution in [2.75, 3.05) is 25.4 Å². The van der Waals surface area contributed by atoms with Crippen molar-refractivity contribution in [3.05, 3.63) is 5.82 Å². The normalized spacial score (nSPS) is 11.1. The third-order valence-electron chi connectivity index (χ3n) is 2.68. The molecule has 0 aliphatic rings. The molecule has 120 valence electrons. The van der Waals surface area contributed by atoms with E-state index in [0.717, 1.165) is 17.4 Å². The van der Waals surface area contributed by atoms with Crippen LogP contribution in [0.25, 0.3) is 0 Å². The van der Waals surface area contributed by atoms with Gasteiger partial charge in [-0.2, -0.15) is 0 Å². The summed E-state index contributed by atoms with van der Waals surface area (Å²) in [5, 5.41) is 11.7. The molecule has 1 amide bonds. The third-order valence-corrected chi connectivity index (χ3v) is 3.65. The van der Waals surface area contributed by atoms with Gasteiger partial charge in [0, 0.05) is 26.2 Å². The van der Waals surface area contributed by atoms with E-state index in [1.54, 1.807) is 0 Å². The molecule has 0 fully saturated rings. The van der Waals surface area contributed by atoms with E-state index < -0.39 is 0 Å². The molecule has 3 N–H and O–H groups in total. The summed E-state index contributed by atoms with van der Waals surface area (Å²) >= 11 is 1.38. The van der Waals surface area contributed by atoms with Crippen LogP contribution < -0.4 is 11.1 Å². The highest BCUT2D eigenvalue weighted by atomic mass is 32.2. The van der Waals surface area contributed by atoms with Gasteiger partial charge in [0.05, 0.1) is 11.9 Å². The summed E-state index contributed by atoms with van der Waals surface area (Å²) < 4.78 is 7.33. The van der Waals surface area contributed by atoms with Gasteiger partial charge in [-0.05, 0) is 27.2 Å². The minimum atomic E-state index is -0.00972. The fourth-order valence-electron chi connectivity index (χ4n) is 1.65. The smallest absolute Gasteiger partial charge is 0.230 e. The average molecular weight is 315 g/mol. The van der Waals surface area contributed by atoms with Gasteiger partial charge in [0.2, 0.25) is 5.91 Å². The van der Waals surface area contributed by atoms with E-state index in [0.29, 0.717) is 32.0 Å². The predicted molar refractivity (Wildman–Crippen MR) is 83.3 cm³/mol. The molecule has 0 unspecified atom stereocenters. The van der Waals surface area contributed by atoms with Gasteiger partial charge in [0.1, 0.15) is 5.82 Å². The number of aryl methyl sites for hydroxylation is 1. The first-order valence-corrected chi connectivity index (χ1v) is 8.14. The maximum absolute atomic E-state index is 11.7. The lowest BCUT2D eigenvalue weighted by Gasteiger charge is -2.08. The Morgan fingerprint density at radius 2 is 2.24 bits per heavy atom. The molecule has 0 saturated heterocycles. The van der Waals surface area contributed by atoms with Crippen LogP contribution in [0.4, 0.5) is 0 Å². The number of hydrogen-bond acceptors (Lipinski definition) is 6. The van der Waals surface area contributed by atoms with Gasteiger partial charge >= 0.3 is 0 Å². The van der Waals surface area contributed by atoms with Gasteiger partial charge in [-0.1, -0.05) is 11.8 Å². The number of amides is 1. The number of nitrogens with two attached hydrogens (primary N) is 1. The summed E-state index contributed by atoms with van der Waals surface area (Å²) in [5.41, 5.74) is 5.55. The second-order valence-corrected chi connectivity index (χ2v) is 5.82. The van der Waals surface area contributed by atoms with Gasteiger partial charge in [0.15, 0.2) is 5.16 Å². The maximum Gasteiger partial charge on any atom is 0.230 e. The van der Waals surface area contributed by atoms with Crippen LogP contribution in [-0.2, 0) is 16.1 Å². The molecule has 0 radical (unpaired) electrons. The Balaban J connectivity index is 2.24. The molecule has 8 heteroatoms. The first-order chi connectivity index (χ1) is 10.0. The van der Waals surface area contributed by atoms with Crippen LogP contribution in [0, 0.1) is 6.92 Å². The van der Waals surface area contributed by atoms with Crippen LogP contribution in [0.5, 0.6) is 0 Å². The molecule has 7 nitrogen and oxygen atoms in total. The summed E-state index contributed by atoms with van der Waals surface area (Å²) in [5.74, 6) is 1.13. The minimum absolute atomic E-state index is 0.00972. The molecule has 1 heterocycles. The average Bonchev–Trinajstić information content (AvgIpc) is 2.77. The monoisotopic (exact) mass is 315 g/mol. The number of nitrogens with zero attached hydrogens (tertiary/aromatic N) is 3. The zero-order chi connectivity index (χ0) is 15.7. The molecule has 1 aromatic heterocycles. The quantitative estimate of drug-likeness (QED) is 0.484. The van der Waals surface area contributed by atoms with Crippen LogP contribution in [0.2, 0.25) is 0 Å². The third kappa shape index (κ3) is 6.92. The second kappa shape index (κ2) is 9.75. The van der Waals surface area contributed by atoms with Crippen LogP contribution in [0.15, 0.2) is 5.16 Å². The number of carbonyl (C=O) groups is 1. The van der Waals surface area contributed by atoms with Crippen molar-refractivity contribution in [1.29, 1.82) is 0 Å². The van der Waals surface area contributed by atoms with Gasteiger partial charge in [-0.3, -0.25) is 4.79 Å². The van der Waals surface area contributed by atoms with Crippen LogP contribution >= 0.6 is 11.8 Å². The molecule has 21 heavy (non-hydrogen) atoms. The summed E-state index contributed by atoms with van der Waals surface area (Å²) in [7, 11) is 0. The fraction of sp³-hybridized carbons (Fsp3) is 0.769. The van der Waals surface area contributed by atoms with Crippen molar-refractivity contribution >= 4 is 17.7 Å². The van der Waals surface area contributed by atoms with Crippen LogP contribution in [0.3, 0.4) is 0 Å². The highest BCUT2D eigenvalue weighted by molar-refractivity contribution is 7.99. The van der Waals surface area contributed by atoms with Crippen molar-refractivity contribution in [2.24, 2.45) is 5.73 Å². The molecule has 0 aliphatic carbocycles. The number of rotatable bonds is 10. The van der Waals surface area contributed by atoms with Gasteiger partial charge in [-0.15, -0.1) is 10.2 Å². The molecule has 0 spiro atoms. The lowest BCUT2D eigenvalue weighted by atomic mass is 10.4. The van der Waals surface area contributed by atoms with E-state index in [-0.39, 0.29) is 12.0 Å². The predicted octanol–water partition coefficient (Wildman–Crippen LogP) is 0.569. The zero-order valence-electron chi connectivity index (χ0n) is 13.0. The summed E-state index contributed by atoms with van der Waals surface area (Å²) in [6, 6.07) is 0. The molecule has 0 bridgehead atoms. The Labute approximate surface area is 130 Å². The lowest BCUT2D eigenvalue weighted by Crippen LogP contribution is -2.27. The number of ether oxygens (including phenoxy) is 1. The summed E-state index contributed by atoms with van der Waals surface area (Å²) in [4.78, 5) is 11.7. The highest BCUT2D eigenvalue weighted by Gasteiger charge is 2.10. The fourth-order valence-corrected chi connectivity index (χ4v) is 2.50. The van der Waals surface area contributed by atoms with Crippen molar-refractivity contribution in [2.45, 2.75) is 45.0 Å². The molecule has 1 aromatic rings. The summed E-state index contributed by atoms with van der Waals surface area (Å²) in [6.07, 6.45) is 1.05. The van der Waals surface area contributed by atoms with E-state index in [1.165, 1.54) is 11.8 Å². The van der Waals surface area contributed by atoms with Crippen molar-refractivity contribution in [1.82, 2.24) is 20.1 Å². The van der Waals surface area contributed by atoms with E-state index in [1.807, 2.05) is 25.3 Å². The van der Waals surface area contributed by atoms with E-state index in [2.05, 4.69) is 15.5 Å². The van der Waals surface area contributed by atoms with Crippen LogP contribution in [0.1, 0.15) is 26.1 Å². The second-order valence-electron chi connectivity index (χ2n) is 4.88. The van der Waals surface area contributed by atoms with Crippen LogP contribution in [-0.4, -0.2) is 52.2 Å². The topological polar surface area (TPSA) is 95.1 Å². The Morgan fingerprint density at radius 3 is 2.90 bits per heavy atom. The number of hydrogen-bond donors (Lipinski definition) is 2. The first-order valence-electron chi connectivity index (χ1n) is 7.15. The summed E-state index contributed by atoms with van der Waals surface area (Å²) in [6.45, 7) is 8.34. The molecule has 0 aliphatic heterocycles. The molecule has 0 atom stereocenters. The van der Waals surface area contributed by atoms with Crippen molar-refractivity contribution < 1.29 is 9.53 Å². The van der Waals surface area contributed by atoms with Gasteiger partial charge in [0.25, 0.3) is 0 Å². The Hall–Kier alpha value is -1.12. The number of aromatic nitrogens is 3. The molecular formula is C13H25N5O2S. The Morgan fingerprint density at radius 1 is 1.48 bits per heavy atom. The largest absolute Gasteiger partial charge is 0.379 e. The van der Waals surface area contributed by atoms with E-state index in [9.17, 15) is 4.79 Å². The first kappa shape index (κ1) is 17.9. The van der Waals surface area contributed by atoms with Crippen molar-refractivity contribution in [3.63, 3.8) is 0 Å². The van der Waals surface area contributed by atoms with Gasteiger partial charge in [-0.25, -0.2) is 0 Å². The molecule has 1 rings (SSSR count). The molecule has 0 aromatic carbocycles. The Bertz CT molecular complexity index is 436. The van der Waals surface area contributed by atoms with E-state index in [4.69, 9.17) is 10.5 Å². The maximum atomic E-state index is 11.7. The van der Waals surface area contributed by atoms with Crippen molar-refractivity contribution in [3.8, 4) is 0 Å². The number of thioether (sulfide) groups is 1. The minimum Gasteiger partial charge on any atom is -0.379 e. The standard InChI is InChI=1S/C13H25N5O2S/c1-10(2)20-8-4-6-15-12(19)9-21-13-17-16-11(3)18(13)7-5-14/h10H,4-9,14H2,1-3H3,(H,15,19). The number of carbonyl (C=O) groups excluding carboxylic acids is 1.